The number of aromatic nitrogens is 2. The van der Waals surface area contributed by atoms with Gasteiger partial charge in [-0.1, -0.05) is 30.3 Å². The summed E-state index contributed by atoms with van der Waals surface area (Å²) in [5.74, 6) is 0.131. The maximum atomic E-state index is 12.0. The summed E-state index contributed by atoms with van der Waals surface area (Å²) in [4.78, 5) is 15.9. The van der Waals surface area contributed by atoms with Crippen LogP contribution in [0.5, 0.6) is 5.88 Å². The summed E-state index contributed by atoms with van der Waals surface area (Å²) in [5, 5.41) is 0. The van der Waals surface area contributed by atoms with Gasteiger partial charge >= 0.3 is 5.56 Å². The number of nitrogens with zero attached hydrogens (tertiary/aromatic N) is 2. The molecule has 0 saturated heterocycles. The maximum Gasteiger partial charge on any atom is 0.313 e. The number of hydrogen-bond donors (Lipinski definition) is 0. The molecule has 4 heteroatoms. The van der Waals surface area contributed by atoms with Crippen molar-refractivity contribution in [3.63, 3.8) is 0 Å². The second kappa shape index (κ2) is 4.82. The van der Waals surface area contributed by atoms with Crippen molar-refractivity contribution in [1.29, 1.82) is 0 Å². The van der Waals surface area contributed by atoms with Gasteiger partial charge in [-0.25, -0.2) is 4.98 Å². The lowest BCUT2D eigenvalue weighted by Crippen LogP contribution is -2.25. The van der Waals surface area contributed by atoms with E-state index in [4.69, 9.17) is 4.74 Å². The first-order valence-electron chi connectivity index (χ1n) is 5.36. The molecule has 4 nitrogen and oxygen atoms in total. The molecule has 0 aliphatic heterocycles. The molecule has 0 atom stereocenters. The summed E-state index contributed by atoms with van der Waals surface area (Å²) in [5.41, 5.74) is 1.70. The third-order valence-corrected chi connectivity index (χ3v) is 2.60. The molecule has 0 bridgehead atoms. The van der Waals surface area contributed by atoms with Crippen molar-refractivity contribution in [3.05, 3.63) is 58.1 Å². The highest BCUT2D eigenvalue weighted by atomic mass is 16.5. The molecular formula is C13H14N2O2. The molecule has 17 heavy (non-hydrogen) atoms. The van der Waals surface area contributed by atoms with Crippen LogP contribution in [0.25, 0.3) is 0 Å². The Morgan fingerprint density at radius 1 is 1.29 bits per heavy atom. The van der Waals surface area contributed by atoms with Gasteiger partial charge in [0.1, 0.15) is 0 Å². The van der Waals surface area contributed by atoms with Gasteiger partial charge in [-0.05, 0) is 12.5 Å². The Morgan fingerprint density at radius 2 is 2.00 bits per heavy atom. The third kappa shape index (κ3) is 2.36. The number of benzene rings is 1. The molecule has 0 aliphatic rings. The molecule has 0 unspecified atom stereocenters. The number of methoxy groups -OCH3 is 1. The fourth-order valence-electron chi connectivity index (χ4n) is 1.66. The van der Waals surface area contributed by atoms with Gasteiger partial charge in [-0.2, -0.15) is 0 Å². The fourth-order valence-corrected chi connectivity index (χ4v) is 1.66. The van der Waals surface area contributed by atoms with Gasteiger partial charge in [-0.3, -0.25) is 4.79 Å². The molecule has 88 valence electrons. The molecule has 0 spiro atoms. The van der Waals surface area contributed by atoms with Crippen molar-refractivity contribution >= 4 is 0 Å². The van der Waals surface area contributed by atoms with Crippen LogP contribution in [0.2, 0.25) is 0 Å². The average Bonchev–Trinajstić information content (AvgIpc) is 2.36. The predicted octanol–water partition coefficient (Wildman–Crippen LogP) is 1.61. The maximum absolute atomic E-state index is 12.0. The Balaban J connectivity index is 2.42. The predicted molar refractivity (Wildman–Crippen MR) is 65.3 cm³/mol. The van der Waals surface area contributed by atoms with Crippen LogP contribution in [0.15, 0.2) is 41.3 Å². The lowest BCUT2D eigenvalue weighted by molar-refractivity contribution is 0.384. The molecule has 0 N–H and O–H groups in total. The Bertz CT molecular complexity index is 561. The summed E-state index contributed by atoms with van der Waals surface area (Å²) in [7, 11) is 1.45. The molecule has 0 aliphatic carbocycles. The highest BCUT2D eigenvalue weighted by molar-refractivity contribution is 5.17. The minimum atomic E-state index is -0.198. The monoisotopic (exact) mass is 230 g/mol. The highest BCUT2D eigenvalue weighted by Crippen LogP contribution is 2.05. The average molecular weight is 230 g/mol. The van der Waals surface area contributed by atoms with Gasteiger partial charge in [-0.15, -0.1) is 0 Å². The van der Waals surface area contributed by atoms with E-state index in [2.05, 4.69) is 4.98 Å². The zero-order valence-electron chi connectivity index (χ0n) is 9.88. The summed E-state index contributed by atoms with van der Waals surface area (Å²) in [6.45, 7) is 2.39. The normalized spacial score (nSPS) is 10.2. The number of rotatable bonds is 3. The van der Waals surface area contributed by atoms with Gasteiger partial charge < -0.3 is 9.30 Å². The van der Waals surface area contributed by atoms with Crippen LogP contribution in [0.3, 0.4) is 0 Å². The van der Waals surface area contributed by atoms with Crippen LogP contribution >= 0.6 is 0 Å². The molecular weight excluding hydrogens is 216 g/mol. The Labute approximate surface area is 99.5 Å². The molecule has 0 saturated carbocycles. The van der Waals surface area contributed by atoms with Gasteiger partial charge in [0.05, 0.1) is 19.9 Å². The quantitative estimate of drug-likeness (QED) is 0.804. The standard InChI is InChI=1S/C13H14N2O2/c1-10-8-14-12(17-2)13(16)15(10)9-11-6-4-3-5-7-11/h3-8H,9H2,1-2H3. The van der Waals surface area contributed by atoms with Gasteiger partial charge in [0.15, 0.2) is 0 Å². The van der Waals surface area contributed by atoms with E-state index in [9.17, 15) is 4.79 Å². The van der Waals surface area contributed by atoms with E-state index in [1.807, 2.05) is 37.3 Å². The SMILES string of the molecule is COc1ncc(C)n(Cc2ccccc2)c1=O. The van der Waals surface area contributed by atoms with E-state index in [0.29, 0.717) is 6.54 Å². The Hall–Kier alpha value is -2.10. The Morgan fingerprint density at radius 3 is 2.65 bits per heavy atom. The molecule has 1 aromatic carbocycles. The van der Waals surface area contributed by atoms with E-state index < -0.39 is 0 Å². The first kappa shape index (κ1) is 11.4. The molecule has 1 heterocycles. The van der Waals surface area contributed by atoms with Crippen LogP contribution in [0.1, 0.15) is 11.3 Å². The number of aryl methyl sites for hydroxylation is 1. The van der Waals surface area contributed by atoms with Crippen molar-refractivity contribution in [1.82, 2.24) is 9.55 Å². The largest absolute Gasteiger partial charge is 0.477 e. The smallest absolute Gasteiger partial charge is 0.313 e. The zero-order valence-corrected chi connectivity index (χ0v) is 9.88. The molecule has 1 aromatic heterocycles. The molecule has 2 rings (SSSR count). The van der Waals surface area contributed by atoms with Crippen molar-refractivity contribution in [2.45, 2.75) is 13.5 Å². The molecule has 0 radical (unpaired) electrons. The van der Waals surface area contributed by atoms with E-state index >= 15 is 0 Å². The van der Waals surface area contributed by atoms with Crippen molar-refractivity contribution < 1.29 is 4.74 Å². The fraction of sp³-hybridized carbons (Fsp3) is 0.231. The summed E-state index contributed by atoms with van der Waals surface area (Å²) in [6.07, 6.45) is 1.64. The summed E-state index contributed by atoms with van der Waals surface area (Å²) < 4.78 is 6.59. The lowest BCUT2D eigenvalue weighted by atomic mass is 10.2. The summed E-state index contributed by atoms with van der Waals surface area (Å²) in [6, 6.07) is 9.83. The number of ether oxygens (including phenoxy) is 1. The van der Waals surface area contributed by atoms with Crippen LogP contribution in [-0.4, -0.2) is 16.7 Å². The third-order valence-electron chi connectivity index (χ3n) is 2.60. The first-order chi connectivity index (χ1) is 8.22. The van der Waals surface area contributed by atoms with E-state index in [1.165, 1.54) is 7.11 Å². The molecule has 2 aromatic rings. The van der Waals surface area contributed by atoms with Crippen LogP contribution in [0, 0.1) is 6.92 Å². The highest BCUT2D eigenvalue weighted by Gasteiger charge is 2.08. The minimum Gasteiger partial charge on any atom is -0.477 e. The van der Waals surface area contributed by atoms with Gasteiger partial charge in [0.25, 0.3) is 5.88 Å². The van der Waals surface area contributed by atoms with E-state index in [1.54, 1.807) is 10.8 Å². The minimum absolute atomic E-state index is 0.131. The molecule has 0 fully saturated rings. The topological polar surface area (TPSA) is 44.1 Å². The van der Waals surface area contributed by atoms with Crippen molar-refractivity contribution in [2.24, 2.45) is 0 Å². The Kier molecular flexibility index (Phi) is 3.23. The molecule has 0 amide bonds. The lowest BCUT2D eigenvalue weighted by Gasteiger charge is -2.10. The van der Waals surface area contributed by atoms with Crippen LogP contribution in [-0.2, 0) is 6.54 Å². The van der Waals surface area contributed by atoms with E-state index in [0.717, 1.165) is 11.3 Å². The second-order valence-corrected chi connectivity index (χ2v) is 3.79. The van der Waals surface area contributed by atoms with E-state index in [-0.39, 0.29) is 11.4 Å². The second-order valence-electron chi connectivity index (χ2n) is 3.79. The van der Waals surface area contributed by atoms with Gasteiger partial charge in [0.2, 0.25) is 0 Å². The van der Waals surface area contributed by atoms with Gasteiger partial charge in [0, 0.05) is 5.69 Å². The van der Waals surface area contributed by atoms with Crippen LogP contribution in [0.4, 0.5) is 0 Å². The zero-order chi connectivity index (χ0) is 12.3. The summed E-state index contributed by atoms with van der Waals surface area (Å²) >= 11 is 0. The van der Waals surface area contributed by atoms with Crippen molar-refractivity contribution in [3.8, 4) is 5.88 Å². The first-order valence-corrected chi connectivity index (χ1v) is 5.36. The number of hydrogen-bond acceptors (Lipinski definition) is 3. The van der Waals surface area contributed by atoms with Crippen molar-refractivity contribution in [2.75, 3.05) is 7.11 Å². The van der Waals surface area contributed by atoms with Crippen LogP contribution < -0.4 is 10.3 Å².